The molecule has 3 atom stereocenters. The number of hydrogen-bond donors (Lipinski definition) is 2. The van der Waals surface area contributed by atoms with Crippen LogP contribution in [-0.4, -0.2) is 34.9 Å². The molecule has 1 aromatic carbocycles. The maximum absolute atomic E-state index is 11.4. The highest BCUT2D eigenvalue weighted by Gasteiger charge is 2.40. The number of piperidine rings is 1. The van der Waals surface area contributed by atoms with E-state index in [0.717, 1.165) is 25.9 Å². The summed E-state index contributed by atoms with van der Waals surface area (Å²) in [6.07, 6.45) is 4.87. The Morgan fingerprint density at radius 1 is 1.45 bits per heavy atom. The molecule has 0 bridgehead atoms. The fraction of sp³-hybridized carbons (Fsp3) is 0.500. The van der Waals surface area contributed by atoms with Crippen LogP contribution < -0.4 is 5.73 Å². The fourth-order valence-corrected chi connectivity index (χ4v) is 4.70. The molecule has 1 unspecified atom stereocenters. The van der Waals surface area contributed by atoms with Crippen LogP contribution >= 0.6 is 0 Å². The van der Waals surface area contributed by atoms with Crippen molar-refractivity contribution in [3.8, 4) is 0 Å². The lowest BCUT2D eigenvalue weighted by Gasteiger charge is -2.46. The molecule has 1 aromatic heterocycles. The number of likely N-dealkylation sites (tertiary alicyclic amines) is 1. The first-order valence-electron chi connectivity index (χ1n) is 8.28. The third-order valence-electron chi connectivity index (χ3n) is 5.56. The Morgan fingerprint density at radius 2 is 2.32 bits per heavy atom. The fourth-order valence-electron chi connectivity index (χ4n) is 4.70. The minimum absolute atomic E-state index is 0.171. The molecule has 1 fully saturated rings. The number of nitrogens with zero attached hydrogens (tertiary/aromatic N) is 1. The number of hydrogen-bond acceptors (Lipinski definition) is 2. The van der Waals surface area contributed by atoms with Gasteiger partial charge in [-0.2, -0.15) is 0 Å². The Balaban J connectivity index is 1.76. The van der Waals surface area contributed by atoms with Crippen molar-refractivity contribution >= 4 is 16.8 Å². The molecule has 0 radical (unpaired) electrons. The van der Waals surface area contributed by atoms with Crippen LogP contribution in [0.25, 0.3) is 10.9 Å². The van der Waals surface area contributed by atoms with E-state index < -0.39 is 0 Å². The van der Waals surface area contributed by atoms with Crippen molar-refractivity contribution in [2.75, 3.05) is 13.1 Å². The van der Waals surface area contributed by atoms with Gasteiger partial charge in [-0.25, -0.2) is 0 Å². The molecule has 1 saturated heterocycles. The molecule has 22 heavy (non-hydrogen) atoms. The first-order valence-corrected chi connectivity index (χ1v) is 8.28. The minimum Gasteiger partial charge on any atom is -0.370 e. The zero-order chi connectivity index (χ0) is 15.3. The average Bonchev–Trinajstić information content (AvgIpc) is 2.91. The first-order chi connectivity index (χ1) is 10.7. The minimum atomic E-state index is -0.171. The predicted octanol–water partition coefficient (Wildman–Crippen LogP) is 2.39. The Bertz CT molecular complexity index is 720. The van der Waals surface area contributed by atoms with Crippen LogP contribution in [0.2, 0.25) is 0 Å². The van der Waals surface area contributed by atoms with Gasteiger partial charge in [0, 0.05) is 42.0 Å². The van der Waals surface area contributed by atoms with Gasteiger partial charge < -0.3 is 10.7 Å². The van der Waals surface area contributed by atoms with E-state index in [1.807, 2.05) is 0 Å². The number of nitrogens with one attached hydrogen (secondary N) is 1. The Kier molecular flexibility index (Phi) is 3.22. The van der Waals surface area contributed by atoms with Crippen molar-refractivity contribution in [3.05, 3.63) is 35.5 Å². The van der Waals surface area contributed by atoms with Crippen LogP contribution in [0.1, 0.15) is 36.8 Å². The van der Waals surface area contributed by atoms with E-state index in [0.29, 0.717) is 24.3 Å². The molecule has 2 aliphatic rings. The molecular weight excluding hydrogens is 274 g/mol. The average molecular weight is 297 g/mol. The van der Waals surface area contributed by atoms with E-state index >= 15 is 0 Å². The van der Waals surface area contributed by atoms with Crippen molar-refractivity contribution in [1.82, 2.24) is 9.88 Å². The first kappa shape index (κ1) is 13.8. The Morgan fingerprint density at radius 3 is 3.09 bits per heavy atom. The summed E-state index contributed by atoms with van der Waals surface area (Å²) in [5.41, 5.74) is 9.59. The van der Waals surface area contributed by atoms with Crippen LogP contribution in [0.15, 0.2) is 24.4 Å². The van der Waals surface area contributed by atoms with Crippen molar-refractivity contribution in [3.63, 3.8) is 0 Å². The molecule has 1 amide bonds. The number of aromatic nitrogens is 1. The summed E-state index contributed by atoms with van der Waals surface area (Å²) in [7, 11) is 0. The van der Waals surface area contributed by atoms with Gasteiger partial charge in [0.2, 0.25) is 5.91 Å². The SMILES string of the molecule is CCN1C[C@H](CC(N)=O)CC2c3cccc4[nH]cc(c34)C[C@H]21. The number of fused-ring (bicyclic) bond motifs is 2. The molecule has 3 N–H and O–H groups in total. The maximum Gasteiger partial charge on any atom is 0.217 e. The van der Waals surface area contributed by atoms with E-state index in [9.17, 15) is 4.79 Å². The number of likely N-dealkylation sites (N-methyl/N-ethyl adjacent to an activating group) is 1. The lowest BCUT2D eigenvalue weighted by molar-refractivity contribution is -0.119. The third-order valence-corrected chi connectivity index (χ3v) is 5.56. The predicted molar refractivity (Wildman–Crippen MR) is 87.7 cm³/mol. The summed E-state index contributed by atoms with van der Waals surface area (Å²) in [6.45, 7) is 4.25. The van der Waals surface area contributed by atoms with E-state index in [-0.39, 0.29) is 5.91 Å². The van der Waals surface area contributed by atoms with Crippen LogP contribution in [0, 0.1) is 5.92 Å². The van der Waals surface area contributed by atoms with E-state index in [4.69, 9.17) is 5.73 Å². The van der Waals surface area contributed by atoms with Crippen LogP contribution in [0.5, 0.6) is 0 Å². The highest BCUT2D eigenvalue weighted by molar-refractivity contribution is 5.88. The standard InChI is InChI=1S/C18H23N3O/c1-2-21-10-11(7-17(19)22)6-14-13-4-3-5-15-18(13)12(9-20-15)8-16(14)21/h3-5,9,11,14,16,20H,2,6-8,10H2,1H3,(H2,19,22)/t11-,14?,16+/m0/s1. The van der Waals surface area contributed by atoms with Crippen molar-refractivity contribution in [1.29, 1.82) is 0 Å². The quantitative estimate of drug-likeness (QED) is 0.914. The van der Waals surface area contributed by atoms with Gasteiger partial charge in [-0.15, -0.1) is 0 Å². The summed E-state index contributed by atoms with van der Waals surface area (Å²) in [5, 5.41) is 1.42. The van der Waals surface area contributed by atoms with Gasteiger partial charge in [-0.3, -0.25) is 9.69 Å². The second kappa shape index (κ2) is 5.13. The maximum atomic E-state index is 11.4. The van der Waals surface area contributed by atoms with Gasteiger partial charge in [-0.1, -0.05) is 19.1 Å². The molecule has 4 rings (SSSR count). The Labute approximate surface area is 130 Å². The van der Waals surface area contributed by atoms with Crippen LogP contribution in [0.3, 0.4) is 0 Å². The molecule has 0 saturated carbocycles. The number of carbonyl (C=O) groups excluding carboxylic acids is 1. The molecule has 1 aliphatic carbocycles. The summed E-state index contributed by atoms with van der Waals surface area (Å²) in [6, 6.07) is 7.14. The molecule has 0 spiro atoms. The molecule has 2 aromatic rings. The van der Waals surface area contributed by atoms with Gasteiger partial charge in [0.05, 0.1) is 0 Å². The monoisotopic (exact) mass is 297 g/mol. The van der Waals surface area contributed by atoms with E-state index in [2.05, 4.69) is 41.2 Å². The number of nitrogens with two attached hydrogens (primary N) is 1. The van der Waals surface area contributed by atoms with E-state index in [1.165, 1.54) is 22.0 Å². The highest BCUT2D eigenvalue weighted by atomic mass is 16.1. The van der Waals surface area contributed by atoms with Gasteiger partial charge in [0.1, 0.15) is 0 Å². The number of carbonyl (C=O) groups is 1. The number of primary amides is 1. The summed E-state index contributed by atoms with van der Waals surface area (Å²) in [4.78, 5) is 17.3. The van der Waals surface area contributed by atoms with Gasteiger partial charge in [-0.05, 0) is 42.5 Å². The molecule has 116 valence electrons. The summed E-state index contributed by atoms with van der Waals surface area (Å²) >= 11 is 0. The van der Waals surface area contributed by atoms with Crippen molar-refractivity contribution in [2.45, 2.75) is 38.1 Å². The van der Waals surface area contributed by atoms with Crippen LogP contribution in [-0.2, 0) is 11.2 Å². The lowest BCUT2D eigenvalue weighted by Crippen LogP contribution is -2.50. The molecule has 2 heterocycles. The second-order valence-corrected chi connectivity index (χ2v) is 6.82. The molecule has 4 nitrogen and oxygen atoms in total. The number of benzene rings is 1. The smallest absolute Gasteiger partial charge is 0.217 e. The molecule has 1 aliphatic heterocycles. The van der Waals surface area contributed by atoms with Crippen molar-refractivity contribution in [2.24, 2.45) is 11.7 Å². The van der Waals surface area contributed by atoms with Crippen LogP contribution in [0.4, 0.5) is 0 Å². The van der Waals surface area contributed by atoms with Gasteiger partial charge in [0.25, 0.3) is 0 Å². The van der Waals surface area contributed by atoms with Gasteiger partial charge >= 0.3 is 0 Å². The lowest BCUT2D eigenvalue weighted by atomic mass is 9.71. The summed E-state index contributed by atoms with van der Waals surface area (Å²) in [5.74, 6) is 0.732. The van der Waals surface area contributed by atoms with Crippen molar-refractivity contribution < 1.29 is 4.79 Å². The summed E-state index contributed by atoms with van der Waals surface area (Å²) < 4.78 is 0. The third kappa shape index (κ3) is 2.05. The van der Waals surface area contributed by atoms with Gasteiger partial charge in [0.15, 0.2) is 0 Å². The largest absolute Gasteiger partial charge is 0.370 e. The number of H-pyrrole nitrogens is 1. The zero-order valence-electron chi connectivity index (χ0n) is 13.0. The Hall–Kier alpha value is -1.81. The topological polar surface area (TPSA) is 62.1 Å². The second-order valence-electron chi connectivity index (χ2n) is 6.82. The number of aromatic amines is 1. The zero-order valence-corrected chi connectivity index (χ0v) is 13.0. The molecular formula is C18H23N3O. The molecule has 4 heteroatoms. The van der Waals surface area contributed by atoms with E-state index in [1.54, 1.807) is 0 Å². The number of rotatable bonds is 3. The normalized spacial score (nSPS) is 27.8. The highest BCUT2D eigenvalue weighted by Crippen LogP contribution is 2.45. The number of amides is 1.